The molecule has 2 atom stereocenters. The van der Waals surface area contributed by atoms with Crippen molar-refractivity contribution in [1.82, 2.24) is 4.98 Å². The van der Waals surface area contributed by atoms with Crippen LogP contribution in [0.4, 0.5) is 5.13 Å². The van der Waals surface area contributed by atoms with E-state index in [9.17, 15) is 4.79 Å². The van der Waals surface area contributed by atoms with Gasteiger partial charge in [-0.1, -0.05) is 18.2 Å². The number of carbonyl (C=O) groups excluding carboxylic acids is 1. The fraction of sp³-hybridized carbons (Fsp3) is 0.412. The number of hydrogen-bond acceptors (Lipinski definition) is 5. The molecular formula is C17H20ClN3O2S. The number of ether oxygens (including phenoxy) is 1. The number of halogens is 1. The number of amides is 1. The summed E-state index contributed by atoms with van der Waals surface area (Å²) in [5, 5.41) is 3.65. The minimum absolute atomic E-state index is 0. The summed E-state index contributed by atoms with van der Waals surface area (Å²) in [5.41, 5.74) is 8.18. The molecule has 2 heterocycles. The van der Waals surface area contributed by atoms with Gasteiger partial charge in [0, 0.05) is 10.9 Å². The zero-order valence-electron chi connectivity index (χ0n) is 13.2. The fourth-order valence-electron chi connectivity index (χ4n) is 3.16. The zero-order valence-corrected chi connectivity index (χ0v) is 14.8. The molecule has 24 heavy (non-hydrogen) atoms. The normalized spacial score (nSPS) is 21.7. The van der Waals surface area contributed by atoms with Gasteiger partial charge in [-0.3, -0.25) is 4.79 Å². The van der Waals surface area contributed by atoms with E-state index in [1.165, 1.54) is 4.88 Å². The van der Waals surface area contributed by atoms with Crippen LogP contribution in [0.25, 0.3) is 0 Å². The van der Waals surface area contributed by atoms with Gasteiger partial charge < -0.3 is 15.8 Å². The van der Waals surface area contributed by atoms with Gasteiger partial charge in [0.2, 0.25) is 5.91 Å². The van der Waals surface area contributed by atoms with E-state index >= 15 is 0 Å². The van der Waals surface area contributed by atoms with Crippen molar-refractivity contribution in [2.24, 2.45) is 11.7 Å². The molecule has 3 N–H and O–H groups in total. The van der Waals surface area contributed by atoms with Gasteiger partial charge in [0.25, 0.3) is 0 Å². The molecule has 1 aliphatic heterocycles. The number of nitrogens with two attached hydrogens (primary N) is 1. The second kappa shape index (κ2) is 7.09. The van der Waals surface area contributed by atoms with E-state index in [2.05, 4.69) is 10.3 Å². The van der Waals surface area contributed by atoms with Gasteiger partial charge in [0.1, 0.15) is 12.4 Å². The largest absolute Gasteiger partial charge is 0.492 e. The van der Waals surface area contributed by atoms with Gasteiger partial charge in [-0.15, -0.1) is 23.7 Å². The summed E-state index contributed by atoms with van der Waals surface area (Å²) in [5.74, 6) is 0.693. The molecule has 5 nitrogen and oxygen atoms in total. The summed E-state index contributed by atoms with van der Waals surface area (Å²) in [7, 11) is 0. The Morgan fingerprint density at radius 3 is 3.04 bits per heavy atom. The maximum atomic E-state index is 12.5. The predicted molar refractivity (Wildman–Crippen MR) is 97.1 cm³/mol. The molecule has 2 aromatic rings. The Hall–Kier alpha value is -1.63. The predicted octanol–water partition coefficient (Wildman–Crippen LogP) is 2.57. The third-order valence-corrected chi connectivity index (χ3v) is 5.49. The average molecular weight is 366 g/mol. The summed E-state index contributed by atoms with van der Waals surface area (Å²) < 4.78 is 5.70. The van der Waals surface area contributed by atoms with E-state index in [1.807, 2.05) is 24.3 Å². The van der Waals surface area contributed by atoms with Crippen molar-refractivity contribution in [2.45, 2.75) is 31.7 Å². The van der Waals surface area contributed by atoms with Crippen LogP contribution in [-0.2, 0) is 24.1 Å². The molecule has 1 aliphatic carbocycles. The van der Waals surface area contributed by atoms with Crippen LogP contribution in [0.15, 0.2) is 24.3 Å². The number of nitrogens with one attached hydrogen (secondary N) is 1. The third kappa shape index (κ3) is 3.41. The first-order chi connectivity index (χ1) is 11.2. The number of aromatic nitrogens is 1. The topological polar surface area (TPSA) is 77.2 Å². The monoisotopic (exact) mass is 365 g/mol. The summed E-state index contributed by atoms with van der Waals surface area (Å²) in [4.78, 5) is 18.3. The van der Waals surface area contributed by atoms with Crippen molar-refractivity contribution in [3.05, 3.63) is 40.4 Å². The van der Waals surface area contributed by atoms with Crippen molar-refractivity contribution in [3.8, 4) is 5.75 Å². The molecule has 0 saturated heterocycles. The SMILES string of the molecule is Cl.N[C@H]1CCc2nc(NC(=O)C3COc4ccccc4C3)sc2C1. The second-order valence-corrected chi connectivity index (χ2v) is 7.28. The number of rotatable bonds is 2. The van der Waals surface area contributed by atoms with E-state index in [0.717, 1.165) is 36.3 Å². The van der Waals surface area contributed by atoms with Crippen molar-refractivity contribution >= 4 is 34.8 Å². The molecule has 128 valence electrons. The van der Waals surface area contributed by atoms with Crippen LogP contribution in [0.1, 0.15) is 22.6 Å². The van der Waals surface area contributed by atoms with Gasteiger partial charge >= 0.3 is 0 Å². The third-order valence-electron chi connectivity index (χ3n) is 4.46. The summed E-state index contributed by atoms with van der Waals surface area (Å²) in [6, 6.07) is 8.10. The summed E-state index contributed by atoms with van der Waals surface area (Å²) in [6.45, 7) is 0.415. The summed E-state index contributed by atoms with van der Waals surface area (Å²) in [6.07, 6.45) is 3.45. The lowest BCUT2D eigenvalue weighted by Gasteiger charge is -2.24. The van der Waals surface area contributed by atoms with Gasteiger partial charge in [-0.2, -0.15) is 0 Å². The minimum atomic E-state index is -0.173. The summed E-state index contributed by atoms with van der Waals surface area (Å²) >= 11 is 1.55. The number of carbonyl (C=O) groups is 1. The lowest BCUT2D eigenvalue weighted by Crippen LogP contribution is -2.32. The number of fused-ring (bicyclic) bond motifs is 2. The molecule has 0 fully saturated rings. The molecule has 1 unspecified atom stereocenters. The number of hydrogen-bond donors (Lipinski definition) is 2. The Morgan fingerprint density at radius 1 is 1.33 bits per heavy atom. The van der Waals surface area contributed by atoms with E-state index in [1.54, 1.807) is 11.3 Å². The molecule has 1 aromatic heterocycles. The quantitative estimate of drug-likeness (QED) is 0.857. The van der Waals surface area contributed by atoms with E-state index in [4.69, 9.17) is 10.5 Å². The molecule has 1 amide bonds. The van der Waals surface area contributed by atoms with Crippen LogP contribution >= 0.6 is 23.7 Å². The highest BCUT2D eigenvalue weighted by atomic mass is 35.5. The van der Waals surface area contributed by atoms with E-state index in [0.29, 0.717) is 18.2 Å². The van der Waals surface area contributed by atoms with Crippen LogP contribution in [0.2, 0.25) is 0 Å². The first-order valence-corrected chi connectivity index (χ1v) is 8.76. The maximum Gasteiger partial charge on any atom is 0.233 e. The van der Waals surface area contributed by atoms with Crippen molar-refractivity contribution in [3.63, 3.8) is 0 Å². The first kappa shape index (κ1) is 17.2. The molecule has 0 bridgehead atoms. The highest BCUT2D eigenvalue weighted by Gasteiger charge is 2.27. The van der Waals surface area contributed by atoms with Crippen molar-refractivity contribution in [1.29, 1.82) is 0 Å². The number of nitrogens with zero attached hydrogens (tertiary/aromatic N) is 1. The smallest absolute Gasteiger partial charge is 0.233 e. The molecule has 4 rings (SSSR count). The molecule has 2 aliphatic rings. The van der Waals surface area contributed by atoms with Crippen molar-refractivity contribution < 1.29 is 9.53 Å². The van der Waals surface area contributed by atoms with E-state index < -0.39 is 0 Å². The number of thiazole rings is 1. The lowest BCUT2D eigenvalue weighted by atomic mass is 9.96. The Labute approximate surface area is 151 Å². The van der Waals surface area contributed by atoms with Crippen LogP contribution < -0.4 is 15.8 Å². The number of aryl methyl sites for hydroxylation is 1. The van der Waals surface area contributed by atoms with Crippen LogP contribution in [0, 0.1) is 5.92 Å². The Kier molecular flexibility index (Phi) is 5.08. The second-order valence-electron chi connectivity index (χ2n) is 6.20. The zero-order chi connectivity index (χ0) is 15.8. The Bertz CT molecular complexity index is 749. The standard InChI is InChI=1S/C17H19N3O2S.ClH/c18-12-5-6-13-15(8-12)23-17(19-13)20-16(21)11-7-10-3-1-2-4-14(10)22-9-11;/h1-4,11-12H,5-9,18H2,(H,19,20,21);1H/t11?,12-;/m0./s1. The molecule has 0 saturated carbocycles. The van der Waals surface area contributed by atoms with E-state index in [-0.39, 0.29) is 30.3 Å². The lowest BCUT2D eigenvalue weighted by molar-refractivity contribution is -0.121. The Morgan fingerprint density at radius 2 is 2.17 bits per heavy atom. The van der Waals surface area contributed by atoms with Gasteiger partial charge in [-0.05, 0) is 37.3 Å². The molecular weight excluding hydrogens is 346 g/mol. The Balaban J connectivity index is 0.00000169. The number of anilines is 1. The van der Waals surface area contributed by atoms with Gasteiger partial charge in [-0.25, -0.2) is 4.98 Å². The highest BCUT2D eigenvalue weighted by Crippen LogP contribution is 2.31. The minimum Gasteiger partial charge on any atom is -0.492 e. The van der Waals surface area contributed by atoms with Gasteiger partial charge in [0.05, 0.1) is 11.6 Å². The number of benzene rings is 1. The molecule has 0 spiro atoms. The van der Waals surface area contributed by atoms with Crippen LogP contribution in [-0.4, -0.2) is 23.5 Å². The van der Waals surface area contributed by atoms with Crippen LogP contribution in [0.5, 0.6) is 5.75 Å². The first-order valence-electron chi connectivity index (χ1n) is 7.95. The number of para-hydroxylation sites is 1. The van der Waals surface area contributed by atoms with Crippen LogP contribution in [0.3, 0.4) is 0 Å². The molecule has 7 heteroatoms. The fourth-order valence-corrected chi connectivity index (χ4v) is 4.26. The maximum absolute atomic E-state index is 12.5. The van der Waals surface area contributed by atoms with Gasteiger partial charge in [0.15, 0.2) is 5.13 Å². The average Bonchev–Trinajstić information content (AvgIpc) is 2.95. The highest BCUT2D eigenvalue weighted by molar-refractivity contribution is 7.15. The van der Waals surface area contributed by atoms with Crippen molar-refractivity contribution in [2.75, 3.05) is 11.9 Å². The molecule has 0 radical (unpaired) electrons. The molecule has 1 aromatic carbocycles.